The predicted octanol–water partition coefficient (Wildman–Crippen LogP) is 4.45. The summed E-state index contributed by atoms with van der Waals surface area (Å²) in [4.78, 5) is 18.7. The van der Waals surface area contributed by atoms with Crippen molar-refractivity contribution in [1.82, 2.24) is 4.90 Å². The zero-order chi connectivity index (χ0) is 17.3. The van der Waals surface area contributed by atoms with Crippen LogP contribution in [-0.4, -0.2) is 44.7 Å². The van der Waals surface area contributed by atoms with Gasteiger partial charge in [-0.05, 0) is 51.4 Å². The van der Waals surface area contributed by atoms with Crippen molar-refractivity contribution in [3.63, 3.8) is 0 Å². The van der Waals surface area contributed by atoms with Crippen LogP contribution >= 0.6 is 24.2 Å². The first-order valence-corrected chi connectivity index (χ1v) is 8.76. The Hall–Kier alpha value is -1.69. The first-order chi connectivity index (χ1) is 11.5. The molecular formula is C19H23ClN2O2S. The minimum Gasteiger partial charge on any atom is -0.465 e. The van der Waals surface area contributed by atoms with Gasteiger partial charge in [0.2, 0.25) is 0 Å². The van der Waals surface area contributed by atoms with Crippen LogP contribution in [0.25, 0.3) is 0 Å². The molecule has 1 aliphatic rings. The molecule has 6 heteroatoms. The van der Waals surface area contributed by atoms with Crippen LogP contribution < -0.4 is 4.90 Å². The molecule has 0 amide bonds. The van der Waals surface area contributed by atoms with E-state index < -0.39 is 0 Å². The number of carbonyl (C=O) groups is 1. The van der Waals surface area contributed by atoms with E-state index in [-0.39, 0.29) is 18.4 Å². The van der Waals surface area contributed by atoms with Crippen LogP contribution in [0.5, 0.6) is 0 Å². The van der Waals surface area contributed by atoms with Crippen LogP contribution in [0.2, 0.25) is 0 Å². The summed E-state index contributed by atoms with van der Waals surface area (Å²) in [5.74, 6) is -0.300. The SMILES string of the molecule is COC(=O)c1ccc2c(c1)Sc1ccccc1N2CC(C)N(C)C.Cl. The van der Waals surface area contributed by atoms with Crippen molar-refractivity contribution in [2.75, 3.05) is 32.6 Å². The molecule has 0 radical (unpaired) electrons. The normalized spacial score (nSPS) is 13.6. The molecule has 4 nitrogen and oxygen atoms in total. The van der Waals surface area contributed by atoms with Gasteiger partial charge in [0.1, 0.15) is 0 Å². The second kappa shape index (κ2) is 8.13. The Balaban J connectivity index is 0.00000225. The first-order valence-electron chi connectivity index (χ1n) is 7.94. The van der Waals surface area contributed by atoms with E-state index in [0.717, 1.165) is 17.1 Å². The van der Waals surface area contributed by atoms with Crippen molar-refractivity contribution in [2.24, 2.45) is 0 Å². The Labute approximate surface area is 159 Å². The monoisotopic (exact) mass is 378 g/mol. The summed E-state index contributed by atoms with van der Waals surface area (Å²) in [5.41, 5.74) is 2.94. The van der Waals surface area contributed by atoms with Gasteiger partial charge in [-0.25, -0.2) is 4.79 Å². The van der Waals surface area contributed by atoms with Crippen LogP contribution in [0, 0.1) is 0 Å². The number of methoxy groups -OCH3 is 1. The lowest BCUT2D eigenvalue weighted by Gasteiger charge is -2.36. The average molecular weight is 379 g/mol. The molecule has 3 rings (SSSR count). The number of esters is 1. The predicted molar refractivity (Wildman–Crippen MR) is 106 cm³/mol. The highest BCUT2D eigenvalue weighted by Crippen LogP contribution is 2.48. The Morgan fingerprint density at radius 3 is 2.52 bits per heavy atom. The second-order valence-electron chi connectivity index (χ2n) is 6.17. The van der Waals surface area contributed by atoms with Gasteiger partial charge in [-0.2, -0.15) is 0 Å². The van der Waals surface area contributed by atoms with Crippen molar-refractivity contribution in [2.45, 2.75) is 22.8 Å². The minimum atomic E-state index is -0.300. The van der Waals surface area contributed by atoms with Gasteiger partial charge in [0.05, 0.1) is 24.0 Å². The quantitative estimate of drug-likeness (QED) is 0.734. The number of benzene rings is 2. The fourth-order valence-corrected chi connectivity index (χ4v) is 3.84. The van der Waals surface area contributed by atoms with E-state index >= 15 is 0 Å². The van der Waals surface area contributed by atoms with E-state index in [4.69, 9.17) is 4.74 Å². The Morgan fingerprint density at radius 2 is 1.84 bits per heavy atom. The van der Waals surface area contributed by atoms with Gasteiger partial charge in [-0.3, -0.25) is 0 Å². The van der Waals surface area contributed by atoms with E-state index in [0.29, 0.717) is 11.6 Å². The zero-order valence-corrected chi connectivity index (χ0v) is 16.5. The number of carbonyl (C=O) groups excluding carboxylic acids is 1. The lowest BCUT2D eigenvalue weighted by atomic mass is 10.1. The summed E-state index contributed by atoms with van der Waals surface area (Å²) < 4.78 is 4.85. The van der Waals surface area contributed by atoms with Crippen LogP contribution in [-0.2, 0) is 4.74 Å². The van der Waals surface area contributed by atoms with Crippen molar-refractivity contribution < 1.29 is 9.53 Å². The minimum absolute atomic E-state index is 0. The standard InChI is InChI=1S/C19H22N2O2S.ClH/c1-13(20(2)3)12-21-15-7-5-6-8-17(15)24-18-11-14(19(22)23-4)9-10-16(18)21;/h5-11,13H,12H2,1-4H3;1H. The summed E-state index contributed by atoms with van der Waals surface area (Å²) in [6.45, 7) is 3.10. The van der Waals surface area contributed by atoms with Crippen molar-refractivity contribution in [3.8, 4) is 0 Å². The number of nitrogens with zero attached hydrogens (tertiary/aromatic N) is 2. The van der Waals surface area contributed by atoms with Gasteiger partial charge in [0, 0.05) is 22.4 Å². The maximum atomic E-state index is 11.8. The highest BCUT2D eigenvalue weighted by molar-refractivity contribution is 7.99. The summed E-state index contributed by atoms with van der Waals surface area (Å²) in [6, 6.07) is 14.6. The molecule has 0 saturated carbocycles. The highest BCUT2D eigenvalue weighted by atomic mass is 35.5. The molecule has 0 saturated heterocycles. The molecular weight excluding hydrogens is 356 g/mol. The fourth-order valence-electron chi connectivity index (χ4n) is 2.70. The van der Waals surface area contributed by atoms with Gasteiger partial charge in [-0.1, -0.05) is 23.9 Å². The van der Waals surface area contributed by atoms with E-state index in [2.05, 4.69) is 55.1 Å². The molecule has 0 fully saturated rings. The van der Waals surface area contributed by atoms with Crippen LogP contribution in [0.15, 0.2) is 52.3 Å². The van der Waals surface area contributed by atoms with Crippen molar-refractivity contribution in [1.29, 1.82) is 0 Å². The molecule has 0 bridgehead atoms. The maximum absolute atomic E-state index is 11.8. The number of likely N-dealkylation sites (N-methyl/N-ethyl adjacent to an activating group) is 1. The number of ether oxygens (including phenoxy) is 1. The molecule has 0 N–H and O–H groups in total. The molecule has 134 valence electrons. The van der Waals surface area contributed by atoms with Gasteiger partial charge in [0.25, 0.3) is 0 Å². The topological polar surface area (TPSA) is 32.8 Å². The number of rotatable bonds is 4. The fraction of sp³-hybridized carbons (Fsp3) is 0.316. The molecule has 2 aromatic rings. The largest absolute Gasteiger partial charge is 0.465 e. The van der Waals surface area contributed by atoms with Crippen LogP contribution in [0.1, 0.15) is 17.3 Å². The molecule has 0 aliphatic carbocycles. The first kappa shape index (κ1) is 19.6. The van der Waals surface area contributed by atoms with Gasteiger partial charge in [0.15, 0.2) is 0 Å². The number of fused-ring (bicyclic) bond motifs is 2. The van der Waals surface area contributed by atoms with Gasteiger partial charge < -0.3 is 14.5 Å². The number of para-hydroxylation sites is 1. The third kappa shape index (κ3) is 3.94. The van der Waals surface area contributed by atoms with E-state index in [1.165, 1.54) is 17.7 Å². The third-order valence-corrected chi connectivity index (χ3v) is 5.49. The molecule has 1 heterocycles. The number of hydrogen-bond donors (Lipinski definition) is 0. The number of halogens is 1. The van der Waals surface area contributed by atoms with Crippen LogP contribution in [0.4, 0.5) is 11.4 Å². The zero-order valence-electron chi connectivity index (χ0n) is 14.9. The van der Waals surface area contributed by atoms with E-state index in [1.807, 2.05) is 18.2 Å². The smallest absolute Gasteiger partial charge is 0.337 e. The molecule has 1 unspecified atom stereocenters. The number of anilines is 2. The Kier molecular flexibility index (Phi) is 6.38. The Morgan fingerprint density at radius 1 is 1.16 bits per heavy atom. The Bertz CT molecular complexity index is 767. The van der Waals surface area contributed by atoms with E-state index in [9.17, 15) is 4.79 Å². The van der Waals surface area contributed by atoms with Crippen LogP contribution in [0.3, 0.4) is 0 Å². The summed E-state index contributed by atoms with van der Waals surface area (Å²) in [6.07, 6.45) is 0. The lowest BCUT2D eigenvalue weighted by Crippen LogP contribution is -2.37. The van der Waals surface area contributed by atoms with E-state index in [1.54, 1.807) is 11.8 Å². The number of hydrogen-bond acceptors (Lipinski definition) is 5. The molecule has 0 spiro atoms. The summed E-state index contributed by atoms with van der Waals surface area (Å²) in [5, 5.41) is 0. The highest BCUT2D eigenvalue weighted by Gasteiger charge is 2.25. The maximum Gasteiger partial charge on any atom is 0.337 e. The molecule has 25 heavy (non-hydrogen) atoms. The molecule has 1 atom stereocenters. The van der Waals surface area contributed by atoms with Gasteiger partial charge in [-0.15, -0.1) is 12.4 Å². The lowest BCUT2D eigenvalue weighted by molar-refractivity contribution is 0.0600. The second-order valence-corrected chi connectivity index (χ2v) is 7.25. The average Bonchev–Trinajstić information content (AvgIpc) is 2.60. The summed E-state index contributed by atoms with van der Waals surface area (Å²) in [7, 11) is 5.60. The molecule has 1 aliphatic heterocycles. The third-order valence-electron chi connectivity index (χ3n) is 4.38. The van der Waals surface area contributed by atoms with Crippen molar-refractivity contribution in [3.05, 3.63) is 48.0 Å². The molecule has 0 aromatic heterocycles. The van der Waals surface area contributed by atoms with Gasteiger partial charge >= 0.3 is 5.97 Å². The molecule has 2 aromatic carbocycles. The summed E-state index contributed by atoms with van der Waals surface area (Å²) >= 11 is 1.70. The van der Waals surface area contributed by atoms with Crippen molar-refractivity contribution >= 4 is 41.5 Å².